The van der Waals surface area contributed by atoms with Crippen molar-refractivity contribution < 1.29 is 9.53 Å². The Morgan fingerprint density at radius 2 is 1.94 bits per heavy atom. The van der Waals surface area contributed by atoms with E-state index in [1.165, 1.54) is 25.7 Å². The van der Waals surface area contributed by atoms with Crippen molar-refractivity contribution in [3.8, 4) is 0 Å². The van der Waals surface area contributed by atoms with Crippen LogP contribution >= 0.6 is 12.4 Å². The minimum atomic E-state index is 0. The topological polar surface area (TPSA) is 38.3 Å². The van der Waals surface area contributed by atoms with Crippen LogP contribution in [0, 0.1) is 5.92 Å². The van der Waals surface area contributed by atoms with Gasteiger partial charge in [0.25, 0.3) is 0 Å². The molecule has 0 heterocycles. The SMILES string of the molecule is CCOC(=O)[C@H]1CCCC[C@H]1NC1CC1.Cl. The Morgan fingerprint density at radius 3 is 2.56 bits per heavy atom. The lowest BCUT2D eigenvalue weighted by Gasteiger charge is -2.30. The molecule has 2 fully saturated rings. The Bertz CT molecular complexity index is 231. The van der Waals surface area contributed by atoms with Crippen LogP contribution in [-0.4, -0.2) is 24.7 Å². The first kappa shape index (κ1) is 13.8. The lowest BCUT2D eigenvalue weighted by molar-refractivity contribution is -0.150. The summed E-state index contributed by atoms with van der Waals surface area (Å²) in [6.45, 7) is 2.38. The number of rotatable bonds is 4. The second-order valence-electron chi connectivity index (χ2n) is 4.69. The fourth-order valence-corrected chi connectivity index (χ4v) is 2.41. The molecule has 0 bridgehead atoms. The van der Waals surface area contributed by atoms with Crippen LogP contribution in [0.5, 0.6) is 0 Å². The van der Waals surface area contributed by atoms with Gasteiger partial charge in [0.15, 0.2) is 0 Å². The van der Waals surface area contributed by atoms with Crippen LogP contribution in [0.25, 0.3) is 0 Å². The normalized spacial score (nSPS) is 29.3. The quantitative estimate of drug-likeness (QED) is 0.775. The van der Waals surface area contributed by atoms with E-state index in [4.69, 9.17) is 4.74 Å². The molecule has 0 aliphatic heterocycles. The van der Waals surface area contributed by atoms with Gasteiger partial charge in [-0.05, 0) is 32.6 Å². The molecule has 16 heavy (non-hydrogen) atoms. The van der Waals surface area contributed by atoms with Gasteiger partial charge in [-0.25, -0.2) is 0 Å². The summed E-state index contributed by atoms with van der Waals surface area (Å²) in [5, 5.41) is 3.58. The Balaban J connectivity index is 0.00000128. The van der Waals surface area contributed by atoms with E-state index in [0.29, 0.717) is 18.7 Å². The number of hydrogen-bond acceptors (Lipinski definition) is 3. The molecule has 0 aromatic rings. The first-order valence-electron chi connectivity index (χ1n) is 6.24. The minimum absolute atomic E-state index is 0. The fraction of sp³-hybridized carbons (Fsp3) is 0.917. The van der Waals surface area contributed by atoms with Crippen LogP contribution in [0.1, 0.15) is 45.4 Å². The Morgan fingerprint density at radius 1 is 1.25 bits per heavy atom. The molecule has 0 unspecified atom stereocenters. The Kier molecular flexibility index (Phi) is 5.56. The first-order chi connectivity index (χ1) is 7.31. The van der Waals surface area contributed by atoms with Crippen molar-refractivity contribution in [2.75, 3.05) is 6.61 Å². The summed E-state index contributed by atoms with van der Waals surface area (Å²) in [5.41, 5.74) is 0. The molecule has 0 amide bonds. The number of carbonyl (C=O) groups is 1. The highest BCUT2D eigenvalue weighted by Crippen LogP contribution is 2.29. The van der Waals surface area contributed by atoms with Gasteiger partial charge < -0.3 is 10.1 Å². The smallest absolute Gasteiger partial charge is 0.310 e. The second-order valence-corrected chi connectivity index (χ2v) is 4.69. The van der Waals surface area contributed by atoms with Crippen LogP contribution in [0.15, 0.2) is 0 Å². The number of nitrogens with one attached hydrogen (secondary N) is 1. The van der Waals surface area contributed by atoms with Crippen molar-refractivity contribution in [2.24, 2.45) is 5.92 Å². The number of halogens is 1. The van der Waals surface area contributed by atoms with Crippen LogP contribution in [0.2, 0.25) is 0 Å². The highest BCUT2D eigenvalue weighted by atomic mass is 35.5. The molecule has 4 heteroatoms. The van der Waals surface area contributed by atoms with Gasteiger partial charge in [-0.1, -0.05) is 12.8 Å². The average molecular weight is 248 g/mol. The van der Waals surface area contributed by atoms with E-state index in [0.717, 1.165) is 12.8 Å². The molecule has 0 radical (unpaired) electrons. The van der Waals surface area contributed by atoms with E-state index >= 15 is 0 Å². The molecule has 3 nitrogen and oxygen atoms in total. The summed E-state index contributed by atoms with van der Waals surface area (Å²) in [6, 6.07) is 1.07. The number of ether oxygens (including phenoxy) is 1. The minimum Gasteiger partial charge on any atom is -0.466 e. The molecule has 94 valence electrons. The Labute approximate surface area is 104 Å². The molecule has 2 aliphatic rings. The van der Waals surface area contributed by atoms with Crippen LogP contribution in [0.4, 0.5) is 0 Å². The zero-order valence-corrected chi connectivity index (χ0v) is 10.7. The molecular weight excluding hydrogens is 226 g/mol. The number of carbonyl (C=O) groups excluding carboxylic acids is 1. The molecule has 0 aromatic heterocycles. The maximum Gasteiger partial charge on any atom is 0.310 e. The third-order valence-corrected chi connectivity index (χ3v) is 3.38. The second kappa shape index (κ2) is 6.45. The molecule has 0 saturated heterocycles. The zero-order valence-electron chi connectivity index (χ0n) is 9.91. The van der Waals surface area contributed by atoms with Gasteiger partial charge in [-0.3, -0.25) is 4.79 Å². The highest BCUT2D eigenvalue weighted by molar-refractivity contribution is 5.85. The predicted molar refractivity (Wildman–Crippen MR) is 65.8 cm³/mol. The molecule has 2 aliphatic carbocycles. The summed E-state index contributed by atoms with van der Waals surface area (Å²) < 4.78 is 5.13. The molecule has 2 saturated carbocycles. The summed E-state index contributed by atoms with van der Waals surface area (Å²) >= 11 is 0. The van der Waals surface area contributed by atoms with E-state index in [2.05, 4.69) is 5.32 Å². The van der Waals surface area contributed by atoms with E-state index in [1.807, 2.05) is 6.92 Å². The van der Waals surface area contributed by atoms with Gasteiger partial charge >= 0.3 is 5.97 Å². The summed E-state index contributed by atoms with van der Waals surface area (Å²) in [5.74, 6) is 0.120. The van der Waals surface area contributed by atoms with E-state index in [1.54, 1.807) is 0 Å². The van der Waals surface area contributed by atoms with Gasteiger partial charge in [0.05, 0.1) is 12.5 Å². The fourth-order valence-electron chi connectivity index (χ4n) is 2.41. The Hall–Kier alpha value is -0.280. The van der Waals surface area contributed by atoms with Crippen molar-refractivity contribution in [3.63, 3.8) is 0 Å². The predicted octanol–water partition coefficient (Wildman–Crippen LogP) is 2.28. The third kappa shape index (κ3) is 3.63. The third-order valence-electron chi connectivity index (χ3n) is 3.38. The van der Waals surface area contributed by atoms with E-state index in [9.17, 15) is 4.79 Å². The largest absolute Gasteiger partial charge is 0.466 e. The number of esters is 1. The lowest BCUT2D eigenvalue weighted by Crippen LogP contribution is -2.43. The maximum absolute atomic E-state index is 11.7. The van der Waals surface area contributed by atoms with E-state index in [-0.39, 0.29) is 24.3 Å². The van der Waals surface area contributed by atoms with Crippen LogP contribution in [-0.2, 0) is 9.53 Å². The standard InChI is InChI=1S/C12H21NO2.ClH/c1-2-15-12(14)10-5-3-4-6-11(10)13-9-7-8-9;/h9-11,13H,2-8H2,1H3;1H/t10-,11+;/m0./s1. The molecular formula is C12H22ClNO2. The molecule has 1 N–H and O–H groups in total. The lowest BCUT2D eigenvalue weighted by atomic mass is 9.84. The van der Waals surface area contributed by atoms with E-state index < -0.39 is 0 Å². The van der Waals surface area contributed by atoms with Crippen molar-refractivity contribution in [1.82, 2.24) is 5.32 Å². The van der Waals surface area contributed by atoms with Gasteiger partial charge in [-0.15, -0.1) is 12.4 Å². The van der Waals surface area contributed by atoms with Crippen LogP contribution < -0.4 is 5.32 Å². The van der Waals surface area contributed by atoms with Crippen LogP contribution in [0.3, 0.4) is 0 Å². The van der Waals surface area contributed by atoms with Gasteiger partial charge in [0.2, 0.25) is 0 Å². The first-order valence-corrected chi connectivity index (χ1v) is 6.24. The summed E-state index contributed by atoms with van der Waals surface area (Å²) in [4.78, 5) is 11.7. The molecule has 0 aromatic carbocycles. The van der Waals surface area contributed by atoms with Crippen molar-refractivity contribution in [2.45, 2.75) is 57.5 Å². The highest BCUT2D eigenvalue weighted by Gasteiger charge is 2.35. The molecule has 2 atom stereocenters. The summed E-state index contributed by atoms with van der Waals surface area (Å²) in [6.07, 6.45) is 7.13. The monoisotopic (exact) mass is 247 g/mol. The van der Waals surface area contributed by atoms with Gasteiger partial charge in [0, 0.05) is 12.1 Å². The molecule has 0 spiro atoms. The van der Waals surface area contributed by atoms with Gasteiger partial charge in [0.1, 0.15) is 0 Å². The number of hydrogen-bond donors (Lipinski definition) is 1. The van der Waals surface area contributed by atoms with Gasteiger partial charge in [-0.2, -0.15) is 0 Å². The average Bonchev–Trinajstić information content (AvgIpc) is 3.03. The zero-order chi connectivity index (χ0) is 10.7. The van der Waals surface area contributed by atoms with Crippen molar-refractivity contribution in [1.29, 1.82) is 0 Å². The summed E-state index contributed by atoms with van der Waals surface area (Å²) in [7, 11) is 0. The molecule has 2 rings (SSSR count). The van der Waals surface area contributed by atoms with Crippen molar-refractivity contribution in [3.05, 3.63) is 0 Å². The maximum atomic E-state index is 11.7. The van der Waals surface area contributed by atoms with Crippen molar-refractivity contribution >= 4 is 18.4 Å².